The molecule has 0 aliphatic heterocycles. The first-order valence-electron chi connectivity index (χ1n) is 10.1. The molecule has 0 unspecified atom stereocenters. The van der Waals surface area contributed by atoms with E-state index in [2.05, 4.69) is 51.8 Å². The lowest BCUT2D eigenvalue weighted by Gasteiger charge is -2.07. The van der Waals surface area contributed by atoms with Gasteiger partial charge < -0.3 is 9.88 Å². The van der Waals surface area contributed by atoms with Crippen LogP contribution in [0, 0.1) is 13.8 Å². The number of thiazole rings is 1. The van der Waals surface area contributed by atoms with E-state index >= 15 is 0 Å². The normalized spacial score (nSPS) is 10.8. The summed E-state index contributed by atoms with van der Waals surface area (Å²) in [6.07, 6.45) is 1.58. The lowest BCUT2D eigenvalue weighted by molar-refractivity contribution is -0.113. The van der Waals surface area contributed by atoms with Gasteiger partial charge >= 0.3 is 0 Å². The van der Waals surface area contributed by atoms with Gasteiger partial charge in [-0.3, -0.25) is 14.9 Å². The topological polar surface area (TPSA) is 102 Å². The van der Waals surface area contributed by atoms with Crippen molar-refractivity contribution in [2.75, 3.05) is 16.4 Å². The number of carbonyl (C=O) groups is 2. The molecule has 0 saturated carbocycles. The summed E-state index contributed by atoms with van der Waals surface area (Å²) in [5.74, 6) is -0.303. The molecule has 0 radical (unpaired) electrons. The zero-order valence-electron chi connectivity index (χ0n) is 18.3. The Balaban J connectivity index is 1.37. The molecule has 10 heteroatoms. The smallest absolute Gasteiger partial charge is 0.257 e. The molecule has 0 atom stereocenters. The van der Waals surface area contributed by atoms with E-state index in [9.17, 15) is 9.59 Å². The highest BCUT2D eigenvalue weighted by Crippen LogP contribution is 2.27. The zero-order valence-corrected chi connectivity index (χ0v) is 20.0. The van der Waals surface area contributed by atoms with Crippen molar-refractivity contribution in [2.24, 2.45) is 7.05 Å². The number of nitrogens with one attached hydrogen (secondary N) is 2. The van der Waals surface area contributed by atoms with Gasteiger partial charge in [0.15, 0.2) is 10.3 Å². The number of carbonyl (C=O) groups excluding carboxylic acids is 2. The molecule has 0 aliphatic carbocycles. The second kappa shape index (κ2) is 9.97. The predicted molar refractivity (Wildman–Crippen MR) is 132 cm³/mol. The van der Waals surface area contributed by atoms with Crippen LogP contribution in [0.3, 0.4) is 0 Å². The number of aryl methyl sites for hydroxylation is 3. The van der Waals surface area contributed by atoms with Gasteiger partial charge in [-0.05, 0) is 49.2 Å². The molecule has 2 aromatic heterocycles. The minimum Gasteiger partial charge on any atom is -0.325 e. The Morgan fingerprint density at radius 3 is 2.70 bits per heavy atom. The van der Waals surface area contributed by atoms with Crippen LogP contribution in [0.15, 0.2) is 59.3 Å². The van der Waals surface area contributed by atoms with Crippen LogP contribution in [0.2, 0.25) is 0 Å². The molecule has 2 aromatic carbocycles. The number of amides is 2. The first-order valence-corrected chi connectivity index (χ1v) is 12.0. The SMILES string of the molecule is Cc1ccc(-c2csc(NC(=O)c3cccc(NC(=O)CSc4nncn4C)c3)n2)cc1C. The highest BCUT2D eigenvalue weighted by atomic mass is 32.2. The molecule has 2 amide bonds. The fourth-order valence-corrected chi connectivity index (χ4v) is 4.41. The Morgan fingerprint density at radius 1 is 1.09 bits per heavy atom. The number of benzene rings is 2. The summed E-state index contributed by atoms with van der Waals surface area (Å²) in [4.78, 5) is 29.6. The third-order valence-electron chi connectivity index (χ3n) is 4.94. The summed E-state index contributed by atoms with van der Waals surface area (Å²) in [5.41, 5.74) is 5.22. The van der Waals surface area contributed by atoms with Crippen LogP contribution in [0.5, 0.6) is 0 Å². The van der Waals surface area contributed by atoms with E-state index in [-0.39, 0.29) is 17.6 Å². The second-order valence-electron chi connectivity index (χ2n) is 7.43. The maximum absolute atomic E-state index is 12.7. The van der Waals surface area contributed by atoms with Gasteiger partial charge in [-0.25, -0.2) is 4.98 Å². The van der Waals surface area contributed by atoms with E-state index in [1.807, 2.05) is 18.5 Å². The summed E-state index contributed by atoms with van der Waals surface area (Å²) >= 11 is 2.66. The van der Waals surface area contributed by atoms with E-state index in [0.717, 1.165) is 11.3 Å². The standard InChI is InChI=1S/C23H22N6O2S2/c1-14-7-8-16(9-15(14)2)19-11-32-22(26-19)27-21(31)17-5-4-6-18(10-17)25-20(30)12-33-23-28-24-13-29(23)3/h4-11,13H,12H2,1-3H3,(H,25,30)(H,26,27,31). The third-order valence-corrected chi connectivity index (χ3v) is 6.73. The fourth-order valence-electron chi connectivity index (χ4n) is 3.00. The van der Waals surface area contributed by atoms with Crippen molar-refractivity contribution < 1.29 is 9.59 Å². The van der Waals surface area contributed by atoms with Crippen molar-refractivity contribution in [1.82, 2.24) is 19.7 Å². The molecule has 0 fully saturated rings. The van der Waals surface area contributed by atoms with Crippen molar-refractivity contribution in [3.63, 3.8) is 0 Å². The second-order valence-corrected chi connectivity index (χ2v) is 9.23. The van der Waals surface area contributed by atoms with Crippen LogP contribution in [0.1, 0.15) is 21.5 Å². The minimum atomic E-state index is -0.291. The van der Waals surface area contributed by atoms with Gasteiger partial charge in [0.1, 0.15) is 6.33 Å². The first kappa shape index (κ1) is 22.7. The van der Waals surface area contributed by atoms with Crippen LogP contribution in [0.25, 0.3) is 11.3 Å². The van der Waals surface area contributed by atoms with E-state index in [4.69, 9.17) is 0 Å². The predicted octanol–water partition coefficient (Wildman–Crippen LogP) is 4.54. The van der Waals surface area contributed by atoms with E-state index in [1.165, 1.54) is 34.2 Å². The van der Waals surface area contributed by atoms with Crippen LogP contribution >= 0.6 is 23.1 Å². The van der Waals surface area contributed by atoms with E-state index in [1.54, 1.807) is 35.2 Å². The molecular formula is C23H22N6O2S2. The number of hydrogen-bond acceptors (Lipinski definition) is 7. The molecule has 168 valence electrons. The van der Waals surface area contributed by atoms with Crippen LogP contribution < -0.4 is 10.6 Å². The third kappa shape index (κ3) is 5.65. The number of anilines is 2. The first-order chi connectivity index (χ1) is 15.9. The lowest BCUT2D eigenvalue weighted by Crippen LogP contribution is -2.16. The van der Waals surface area contributed by atoms with Gasteiger partial charge in [0.25, 0.3) is 5.91 Å². The molecule has 2 heterocycles. The molecule has 0 spiro atoms. The Hall–Kier alpha value is -3.50. The van der Waals surface area contributed by atoms with Gasteiger partial charge in [0, 0.05) is 29.2 Å². The van der Waals surface area contributed by atoms with Crippen LogP contribution in [-0.2, 0) is 11.8 Å². The van der Waals surface area contributed by atoms with Crippen molar-refractivity contribution in [3.05, 3.63) is 70.9 Å². The molecule has 4 aromatic rings. The van der Waals surface area contributed by atoms with Crippen molar-refractivity contribution in [2.45, 2.75) is 19.0 Å². The number of nitrogens with zero attached hydrogens (tertiary/aromatic N) is 4. The largest absolute Gasteiger partial charge is 0.325 e. The molecule has 8 nitrogen and oxygen atoms in total. The van der Waals surface area contributed by atoms with Gasteiger partial charge in [-0.15, -0.1) is 21.5 Å². The van der Waals surface area contributed by atoms with Gasteiger partial charge in [-0.1, -0.05) is 30.0 Å². The summed E-state index contributed by atoms with van der Waals surface area (Å²) in [6, 6.07) is 13.0. The summed E-state index contributed by atoms with van der Waals surface area (Å²) in [5, 5.41) is 16.5. The van der Waals surface area contributed by atoms with E-state index < -0.39 is 0 Å². The number of rotatable bonds is 7. The summed E-state index contributed by atoms with van der Waals surface area (Å²) in [6.45, 7) is 4.13. The molecular weight excluding hydrogens is 456 g/mol. The summed E-state index contributed by atoms with van der Waals surface area (Å²) < 4.78 is 1.74. The Labute approximate surface area is 199 Å². The van der Waals surface area contributed by atoms with Crippen LogP contribution in [0.4, 0.5) is 10.8 Å². The highest BCUT2D eigenvalue weighted by molar-refractivity contribution is 7.99. The molecule has 4 rings (SSSR count). The summed E-state index contributed by atoms with van der Waals surface area (Å²) in [7, 11) is 1.82. The molecule has 0 saturated heterocycles. The van der Waals surface area contributed by atoms with Crippen molar-refractivity contribution in [3.8, 4) is 11.3 Å². The monoisotopic (exact) mass is 478 g/mol. The van der Waals surface area contributed by atoms with Crippen molar-refractivity contribution >= 4 is 45.7 Å². The minimum absolute atomic E-state index is 0.184. The van der Waals surface area contributed by atoms with Crippen molar-refractivity contribution in [1.29, 1.82) is 0 Å². The molecule has 2 N–H and O–H groups in total. The molecule has 0 aliphatic rings. The average molecular weight is 479 g/mol. The fraction of sp³-hybridized carbons (Fsp3) is 0.174. The Morgan fingerprint density at radius 2 is 1.94 bits per heavy atom. The number of hydrogen-bond donors (Lipinski definition) is 2. The maximum Gasteiger partial charge on any atom is 0.257 e. The van der Waals surface area contributed by atoms with Gasteiger partial charge in [-0.2, -0.15) is 0 Å². The van der Waals surface area contributed by atoms with Gasteiger partial charge in [0.2, 0.25) is 5.91 Å². The van der Waals surface area contributed by atoms with Gasteiger partial charge in [0.05, 0.1) is 11.4 Å². The Kier molecular flexibility index (Phi) is 6.85. The molecule has 0 bridgehead atoms. The highest BCUT2D eigenvalue weighted by Gasteiger charge is 2.12. The zero-order chi connectivity index (χ0) is 23.4. The number of thioether (sulfide) groups is 1. The molecule has 33 heavy (non-hydrogen) atoms. The lowest BCUT2D eigenvalue weighted by atomic mass is 10.1. The maximum atomic E-state index is 12.7. The average Bonchev–Trinajstić information content (AvgIpc) is 3.43. The van der Waals surface area contributed by atoms with Crippen LogP contribution in [-0.4, -0.2) is 37.3 Å². The van der Waals surface area contributed by atoms with E-state index in [0.29, 0.717) is 21.5 Å². The Bertz CT molecular complexity index is 1310. The quantitative estimate of drug-likeness (QED) is 0.378. The number of aromatic nitrogens is 4.